The van der Waals surface area contributed by atoms with Gasteiger partial charge in [0.25, 0.3) is 0 Å². The first-order valence-corrected chi connectivity index (χ1v) is 11.4. The van der Waals surface area contributed by atoms with Crippen molar-refractivity contribution in [2.45, 2.75) is 19.8 Å². The van der Waals surface area contributed by atoms with Crippen molar-refractivity contribution < 1.29 is 9.18 Å². The van der Waals surface area contributed by atoms with Crippen LogP contribution in [-0.4, -0.2) is 33.9 Å². The van der Waals surface area contributed by atoms with E-state index in [9.17, 15) is 9.18 Å². The second-order valence-electron chi connectivity index (χ2n) is 8.00. The van der Waals surface area contributed by atoms with Gasteiger partial charge in [-0.25, -0.2) is 19.3 Å². The van der Waals surface area contributed by atoms with Crippen LogP contribution in [0.15, 0.2) is 54.3 Å². The molecule has 0 unspecified atom stereocenters. The van der Waals surface area contributed by atoms with Crippen LogP contribution >= 0.6 is 11.3 Å². The highest BCUT2D eigenvalue weighted by Gasteiger charge is 2.27. The van der Waals surface area contributed by atoms with Crippen LogP contribution in [0.25, 0.3) is 21.3 Å². The Balaban J connectivity index is 1.34. The number of rotatable bonds is 4. The second kappa shape index (κ2) is 8.63. The average Bonchev–Trinajstić information content (AvgIpc) is 3.24. The van der Waals surface area contributed by atoms with Crippen molar-refractivity contribution in [3.63, 3.8) is 0 Å². The van der Waals surface area contributed by atoms with Crippen LogP contribution in [0.3, 0.4) is 0 Å². The van der Waals surface area contributed by atoms with Gasteiger partial charge in [0.15, 0.2) is 0 Å². The third-order valence-corrected chi connectivity index (χ3v) is 6.72. The molecule has 4 heterocycles. The molecule has 1 fully saturated rings. The van der Waals surface area contributed by atoms with E-state index in [-0.39, 0.29) is 17.6 Å². The van der Waals surface area contributed by atoms with Crippen molar-refractivity contribution in [1.82, 2.24) is 15.0 Å². The van der Waals surface area contributed by atoms with Gasteiger partial charge in [-0.15, -0.1) is 11.3 Å². The highest BCUT2D eigenvalue weighted by molar-refractivity contribution is 7.17. The van der Waals surface area contributed by atoms with Gasteiger partial charge in [-0.05, 0) is 55.2 Å². The van der Waals surface area contributed by atoms with E-state index in [1.165, 1.54) is 12.1 Å². The molecule has 1 aliphatic rings. The molecule has 0 bridgehead atoms. The Morgan fingerprint density at radius 3 is 2.66 bits per heavy atom. The Morgan fingerprint density at radius 1 is 1.12 bits per heavy atom. The van der Waals surface area contributed by atoms with Crippen molar-refractivity contribution in [2.75, 3.05) is 23.3 Å². The molecule has 1 saturated heterocycles. The molecule has 32 heavy (non-hydrogen) atoms. The molecule has 1 N–H and O–H groups in total. The lowest BCUT2D eigenvalue weighted by atomic mass is 9.95. The fourth-order valence-corrected chi connectivity index (χ4v) is 5.04. The summed E-state index contributed by atoms with van der Waals surface area (Å²) in [7, 11) is 0. The van der Waals surface area contributed by atoms with Crippen LogP contribution in [0.2, 0.25) is 0 Å². The minimum absolute atomic E-state index is 0.0121. The number of anilines is 2. The van der Waals surface area contributed by atoms with Crippen molar-refractivity contribution in [2.24, 2.45) is 5.92 Å². The largest absolute Gasteiger partial charge is 0.356 e. The summed E-state index contributed by atoms with van der Waals surface area (Å²) >= 11 is 1.56. The molecule has 5 rings (SSSR count). The number of pyridine rings is 1. The van der Waals surface area contributed by atoms with Gasteiger partial charge in [0.05, 0.1) is 5.39 Å². The van der Waals surface area contributed by atoms with Crippen molar-refractivity contribution in [1.29, 1.82) is 0 Å². The third kappa shape index (κ3) is 4.05. The van der Waals surface area contributed by atoms with E-state index in [0.29, 0.717) is 5.82 Å². The van der Waals surface area contributed by atoms with Gasteiger partial charge in [-0.3, -0.25) is 4.79 Å². The zero-order chi connectivity index (χ0) is 22.1. The molecule has 3 aromatic heterocycles. The quantitative estimate of drug-likeness (QED) is 0.474. The normalized spacial score (nSPS) is 14.6. The second-order valence-corrected chi connectivity index (χ2v) is 8.86. The van der Waals surface area contributed by atoms with E-state index in [0.717, 1.165) is 58.7 Å². The lowest BCUT2D eigenvalue weighted by molar-refractivity contribution is -0.120. The molecule has 0 spiro atoms. The number of benzene rings is 1. The van der Waals surface area contributed by atoms with Gasteiger partial charge >= 0.3 is 0 Å². The van der Waals surface area contributed by atoms with E-state index >= 15 is 0 Å². The summed E-state index contributed by atoms with van der Waals surface area (Å²) in [6.45, 7) is 3.43. The number of halogens is 1. The third-order valence-electron chi connectivity index (χ3n) is 5.84. The molecule has 4 aromatic rings. The lowest BCUT2D eigenvalue weighted by Gasteiger charge is -2.32. The Hall–Kier alpha value is -3.39. The van der Waals surface area contributed by atoms with Gasteiger partial charge in [-0.1, -0.05) is 12.1 Å². The van der Waals surface area contributed by atoms with Gasteiger partial charge in [-0.2, -0.15) is 0 Å². The number of fused-ring (bicyclic) bond motifs is 1. The summed E-state index contributed by atoms with van der Waals surface area (Å²) in [5, 5.41) is 5.97. The maximum Gasteiger partial charge on any atom is 0.228 e. The molecule has 0 atom stereocenters. The van der Waals surface area contributed by atoms with Crippen LogP contribution in [0.5, 0.6) is 0 Å². The SMILES string of the molecule is Cc1ccnc(NC(=O)C2CCN(c3ncnc4scc(-c5ccc(F)cc5)c34)CC2)c1. The number of hydrogen-bond acceptors (Lipinski definition) is 6. The van der Waals surface area contributed by atoms with Crippen LogP contribution in [0, 0.1) is 18.7 Å². The molecule has 1 aromatic carbocycles. The molecule has 1 amide bonds. The van der Waals surface area contributed by atoms with Crippen LogP contribution in [0.1, 0.15) is 18.4 Å². The van der Waals surface area contributed by atoms with Gasteiger partial charge in [0, 0.05) is 36.1 Å². The first-order valence-electron chi connectivity index (χ1n) is 10.5. The van der Waals surface area contributed by atoms with E-state index in [2.05, 4.69) is 25.2 Å². The number of carbonyl (C=O) groups is 1. The van der Waals surface area contributed by atoms with Gasteiger partial charge in [0.2, 0.25) is 5.91 Å². The molecular formula is C24H22FN5OS. The summed E-state index contributed by atoms with van der Waals surface area (Å²) in [6, 6.07) is 10.3. The Labute approximate surface area is 189 Å². The minimum Gasteiger partial charge on any atom is -0.356 e. The van der Waals surface area contributed by atoms with E-state index < -0.39 is 0 Å². The van der Waals surface area contributed by atoms with Crippen molar-refractivity contribution in [3.8, 4) is 11.1 Å². The Kier molecular flexibility index (Phi) is 5.53. The predicted octanol–water partition coefficient (Wildman–Crippen LogP) is 5.06. The standard InChI is InChI=1S/C24H22FN5OS/c1-15-6-9-26-20(12-15)29-23(31)17-7-10-30(11-8-17)22-21-19(13-32-24(21)28-14-27-22)16-2-4-18(25)5-3-16/h2-6,9,12-14,17H,7-8,10-11H2,1H3,(H,26,29,31). The molecule has 0 radical (unpaired) electrons. The number of amides is 1. The highest BCUT2D eigenvalue weighted by atomic mass is 32.1. The number of thiophene rings is 1. The zero-order valence-corrected chi connectivity index (χ0v) is 18.4. The average molecular weight is 448 g/mol. The molecular weight excluding hydrogens is 425 g/mol. The van der Waals surface area contributed by atoms with E-state index in [1.54, 1.807) is 36.0 Å². The summed E-state index contributed by atoms with van der Waals surface area (Å²) in [4.78, 5) is 29.1. The van der Waals surface area contributed by atoms with E-state index in [4.69, 9.17) is 0 Å². The molecule has 0 aliphatic carbocycles. The van der Waals surface area contributed by atoms with Crippen molar-refractivity contribution in [3.05, 3.63) is 65.7 Å². The lowest BCUT2D eigenvalue weighted by Crippen LogP contribution is -2.38. The number of aryl methyl sites for hydroxylation is 1. The highest BCUT2D eigenvalue weighted by Crippen LogP contribution is 2.38. The van der Waals surface area contributed by atoms with Crippen LogP contribution < -0.4 is 10.2 Å². The fourth-order valence-electron chi connectivity index (χ4n) is 4.13. The zero-order valence-electron chi connectivity index (χ0n) is 17.6. The topological polar surface area (TPSA) is 71.0 Å². The summed E-state index contributed by atoms with van der Waals surface area (Å²) in [5.41, 5.74) is 3.00. The maximum absolute atomic E-state index is 13.4. The number of aromatic nitrogens is 3. The molecule has 8 heteroatoms. The minimum atomic E-state index is -0.258. The number of nitrogens with one attached hydrogen (secondary N) is 1. The first kappa shape index (κ1) is 20.5. The van der Waals surface area contributed by atoms with Gasteiger partial charge < -0.3 is 10.2 Å². The number of hydrogen-bond donors (Lipinski definition) is 1. The Bertz CT molecular complexity index is 1270. The summed E-state index contributed by atoms with van der Waals surface area (Å²) < 4.78 is 13.4. The first-order chi connectivity index (χ1) is 15.6. The van der Waals surface area contributed by atoms with E-state index in [1.807, 2.05) is 24.4 Å². The molecule has 6 nitrogen and oxygen atoms in total. The maximum atomic E-state index is 13.4. The van der Waals surface area contributed by atoms with Gasteiger partial charge in [0.1, 0.15) is 28.6 Å². The molecule has 1 aliphatic heterocycles. The molecule has 162 valence electrons. The fraction of sp³-hybridized carbons (Fsp3) is 0.250. The summed E-state index contributed by atoms with van der Waals surface area (Å²) in [5.74, 6) is 1.15. The monoisotopic (exact) mass is 447 g/mol. The van der Waals surface area contributed by atoms with Crippen LogP contribution in [-0.2, 0) is 4.79 Å². The Morgan fingerprint density at radius 2 is 1.91 bits per heavy atom. The molecule has 0 saturated carbocycles. The van der Waals surface area contributed by atoms with Crippen molar-refractivity contribution >= 4 is 39.1 Å². The van der Waals surface area contributed by atoms with Crippen LogP contribution in [0.4, 0.5) is 16.0 Å². The number of nitrogens with zero attached hydrogens (tertiary/aromatic N) is 4. The smallest absolute Gasteiger partial charge is 0.228 e. The predicted molar refractivity (Wildman–Crippen MR) is 125 cm³/mol. The summed E-state index contributed by atoms with van der Waals surface area (Å²) in [6.07, 6.45) is 4.76. The number of piperidine rings is 1. The number of carbonyl (C=O) groups excluding carboxylic acids is 1.